The zero-order valence-electron chi connectivity index (χ0n) is 9.03. The normalized spacial score (nSPS) is 11.2. The van der Waals surface area contributed by atoms with Gasteiger partial charge in [-0.1, -0.05) is 0 Å². The van der Waals surface area contributed by atoms with Gasteiger partial charge in [-0.25, -0.2) is 5.84 Å². The molecule has 0 atom stereocenters. The number of ether oxygens (including phenoxy) is 1. The van der Waals surface area contributed by atoms with Gasteiger partial charge in [-0.3, -0.25) is 15.2 Å². The van der Waals surface area contributed by atoms with Gasteiger partial charge >= 0.3 is 12.0 Å². The lowest BCUT2D eigenvalue weighted by molar-refractivity contribution is -0.231. The van der Waals surface area contributed by atoms with E-state index in [1.54, 1.807) is 24.5 Å². The molecule has 0 aliphatic rings. The molecule has 94 valence electrons. The van der Waals surface area contributed by atoms with Gasteiger partial charge in [-0.15, -0.1) is 0 Å². The molecule has 0 spiro atoms. The molecule has 17 heavy (non-hydrogen) atoms. The SMILES string of the molecule is NNC(=O)C(F)(F)OCCCc1ccncc1. The van der Waals surface area contributed by atoms with E-state index in [1.807, 2.05) is 0 Å². The molecular weight excluding hydrogens is 232 g/mol. The maximum absolute atomic E-state index is 12.8. The number of alkyl halides is 2. The highest BCUT2D eigenvalue weighted by atomic mass is 19.3. The Morgan fingerprint density at radius 3 is 2.71 bits per heavy atom. The highest BCUT2D eigenvalue weighted by Gasteiger charge is 2.39. The van der Waals surface area contributed by atoms with Crippen LogP contribution in [-0.2, 0) is 16.0 Å². The first-order valence-electron chi connectivity index (χ1n) is 4.98. The van der Waals surface area contributed by atoms with Gasteiger partial charge in [0.25, 0.3) is 0 Å². The number of aryl methyl sites for hydroxylation is 1. The Bertz CT molecular complexity index is 360. The zero-order chi connectivity index (χ0) is 12.7. The Hall–Kier alpha value is -1.60. The lowest BCUT2D eigenvalue weighted by Gasteiger charge is -2.14. The summed E-state index contributed by atoms with van der Waals surface area (Å²) in [7, 11) is 0. The third kappa shape index (κ3) is 4.41. The Labute approximate surface area is 96.9 Å². The van der Waals surface area contributed by atoms with E-state index in [0.29, 0.717) is 12.8 Å². The van der Waals surface area contributed by atoms with Crippen LogP contribution in [0.2, 0.25) is 0 Å². The van der Waals surface area contributed by atoms with Gasteiger partial charge < -0.3 is 4.74 Å². The van der Waals surface area contributed by atoms with Crippen LogP contribution in [0.1, 0.15) is 12.0 Å². The average Bonchev–Trinajstić information content (AvgIpc) is 2.35. The minimum Gasteiger partial charge on any atom is -0.313 e. The maximum Gasteiger partial charge on any atom is 0.437 e. The van der Waals surface area contributed by atoms with Crippen molar-refractivity contribution in [3.05, 3.63) is 30.1 Å². The molecule has 0 radical (unpaired) electrons. The first-order chi connectivity index (χ1) is 8.06. The molecule has 0 aliphatic heterocycles. The van der Waals surface area contributed by atoms with E-state index in [4.69, 9.17) is 0 Å². The first-order valence-corrected chi connectivity index (χ1v) is 4.98. The van der Waals surface area contributed by atoms with Crippen LogP contribution in [0.15, 0.2) is 24.5 Å². The Kier molecular flexibility index (Phi) is 4.92. The quantitative estimate of drug-likeness (QED) is 0.333. The molecule has 1 amide bonds. The smallest absolute Gasteiger partial charge is 0.313 e. The van der Waals surface area contributed by atoms with E-state index in [2.05, 4.69) is 15.6 Å². The number of nitrogens with zero attached hydrogens (tertiary/aromatic N) is 1. The van der Waals surface area contributed by atoms with E-state index in [0.717, 1.165) is 5.56 Å². The summed E-state index contributed by atoms with van der Waals surface area (Å²) in [5, 5.41) is 0. The molecule has 7 heteroatoms. The van der Waals surface area contributed by atoms with Crippen molar-refractivity contribution in [1.82, 2.24) is 10.4 Å². The minimum atomic E-state index is -3.88. The molecule has 0 saturated heterocycles. The number of pyridine rings is 1. The fourth-order valence-corrected chi connectivity index (χ4v) is 1.18. The molecule has 0 unspecified atom stereocenters. The van der Waals surface area contributed by atoms with Gasteiger partial charge in [0.15, 0.2) is 0 Å². The van der Waals surface area contributed by atoms with Crippen molar-refractivity contribution in [2.75, 3.05) is 6.61 Å². The summed E-state index contributed by atoms with van der Waals surface area (Å²) in [6.07, 6.45) is 0.298. The minimum absolute atomic E-state index is 0.233. The highest BCUT2D eigenvalue weighted by Crippen LogP contribution is 2.15. The van der Waals surface area contributed by atoms with E-state index in [9.17, 15) is 13.6 Å². The van der Waals surface area contributed by atoms with Gasteiger partial charge in [0, 0.05) is 12.4 Å². The van der Waals surface area contributed by atoms with Crippen LogP contribution >= 0.6 is 0 Å². The number of rotatable bonds is 6. The van der Waals surface area contributed by atoms with E-state index < -0.39 is 12.0 Å². The van der Waals surface area contributed by atoms with Gasteiger partial charge in [0.1, 0.15) is 0 Å². The number of hydrogen-bond acceptors (Lipinski definition) is 4. The molecule has 1 heterocycles. The van der Waals surface area contributed by atoms with E-state index in [1.165, 1.54) is 5.43 Å². The predicted octanol–water partition coefficient (Wildman–Crippen LogP) is 0.613. The number of halogens is 2. The standard InChI is InChI=1S/C10H13F2N3O2/c11-10(12,9(16)15-13)17-7-1-2-8-3-5-14-6-4-8/h3-6H,1-2,7,13H2,(H,15,16). The monoisotopic (exact) mass is 245 g/mol. The van der Waals surface area contributed by atoms with Crippen molar-refractivity contribution in [2.24, 2.45) is 5.84 Å². The third-order valence-electron chi connectivity index (χ3n) is 2.04. The number of hydrogen-bond donors (Lipinski definition) is 2. The molecule has 1 aromatic rings. The number of aromatic nitrogens is 1. The number of nitrogens with one attached hydrogen (secondary N) is 1. The molecular formula is C10H13F2N3O2. The van der Waals surface area contributed by atoms with Gasteiger partial charge in [-0.2, -0.15) is 8.78 Å². The topological polar surface area (TPSA) is 77.2 Å². The molecule has 0 aliphatic carbocycles. The van der Waals surface area contributed by atoms with Crippen LogP contribution < -0.4 is 11.3 Å². The first kappa shape index (κ1) is 13.5. The Balaban J connectivity index is 2.27. The van der Waals surface area contributed by atoms with Crippen LogP contribution in [0.3, 0.4) is 0 Å². The lowest BCUT2D eigenvalue weighted by atomic mass is 10.1. The van der Waals surface area contributed by atoms with E-state index in [-0.39, 0.29) is 6.61 Å². The molecule has 1 rings (SSSR count). The summed E-state index contributed by atoms with van der Waals surface area (Å²) in [6.45, 7) is -0.233. The van der Waals surface area contributed by atoms with Gasteiger partial charge in [0.05, 0.1) is 6.61 Å². The Morgan fingerprint density at radius 1 is 1.47 bits per heavy atom. The fraction of sp³-hybridized carbons (Fsp3) is 0.400. The summed E-state index contributed by atoms with van der Waals surface area (Å²) < 4.78 is 29.8. The maximum atomic E-state index is 12.8. The van der Waals surface area contributed by atoms with Crippen molar-refractivity contribution in [1.29, 1.82) is 0 Å². The number of carbonyl (C=O) groups is 1. The molecule has 0 bridgehead atoms. The summed E-state index contributed by atoms with van der Waals surface area (Å²) >= 11 is 0. The van der Waals surface area contributed by atoms with Crippen LogP contribution in [0.25, 0.3) is 0 Å². The second kappa shape index (κ2) is 6.21. The van der Waals surface area contributed by atoms with Crippen LogP contribution in [0.5, 0.6) is 0 Å². The Morgan fingerprint density at radius 2 is 2.12 bits per heavy atom. The summed E-state index contributed by atoms with van der Waals surface area (Å²) in [6, 6.07) is 3.56. The second-order valence-corrected chi connectivity index (χ2v) is 3.30. The number of amides is 1. The molecule has 5 nitrogen and oxygen atoms in total. The summed E-state index contributed by atoms with van der Waals surface area (Å²) in [5.41, 5.74) is 2.31. The van der Waals surface area contributed by atoms with Crippen LogP contribution in [-0.4, -0.2) is 23.6 Å². The number of nitrogens with two attached hydrogens (primary N) is 1. The van der Waals surface area contributed by atoms with Crippen molar-refractivity contribution in [3.63, 3.8) is 0 Å². The fourth-order valence-electron chi connectivity index (χ4n) is 1.18. The van der Waals surface area contributed by atoms with Crippen LogP contribution in [0, 0.1) is 0 Å². The largest absolute Gasteiger partial charge is 0.437 e. The van der Waals surface area contributed by atoms with Crippen molar-refractivity contribution in [2.45, 2.75) is 19.0 Å². The predicted molar refractivity (Wildman–Crippen MR) is 55.8 cm³/mol. The second-order valence-electron chi connectivity index (χ2n) is 3.30. The summed E-state index contributed by atoms with van der Waals surface area (Å²) in [4.78, 5) is 14.4. The van der Waals surface area contributed by atoms with Crippen LogP contribution in [0.4, 0.5) is 8.78 Å². The van der Waals surface area contributed by atoms with Crippen molar-refractivity contribution < 1.29 is 18.3 Å². The average molecular weight is 245 g/mol. The molecule has 0 saturated carbocycles. The zero-order valence-corrected chi connectivity index (χ0v) is 9.03. The van der Waals surface area contributed by atoms with Gasteiger partial charge in [-0.05, 0) is 30.5 Å². The van der Waals surface area contributed by atoms with Gasteiger partial charge in [0.2, 0.25) is 0 Å². The number of hydrazine groups is 1. The molecule has 0 aromatic carbocycles. The lowest BCUT2D eigenvalue weighted by Crippen LogP contribution is -2.45. The molecule has 1 aromatic heterocycles. The number of carbonyl (C=O) groups excluding carboxylic acids is 1. The van der Waals surface area contributed by atoms with Crippen molar-refractivity contribution in [3.8, 4) is 0 Å². The molecule has 0 fully saturated rings. The summed E-state index contributed by atoms with van der Waals surface area (Å²) in [5.74, 6) is 2.94. The highest BCUT2D eigenvalue weighted by molar-refractivity contribution is 5.81. The van der Waals surface area contributed by atoms with Crippen molar-refractivity contribution >= 4 is 5.91 Å². The third-order valence-corrected chi connectivity index (χ3v) is 2.04. The van der Waals surface area contributed by atoms with E-state index >= 15 is 0 Å². The molecule has 3 N–H and O–H groups in total.